The van der Waals surface area contributed by atoms with Crippen molar-refractivity contribution < 1.29 is 32.6 Å². The molecule has 1 fully saturated rings. The van der Waals surface area contributed by atoms with E-state index in [0.717, 1.165) is 18.2 Å². The van der Waals surface area contributed by atoms with Crippen molar-refractivity contribution in [2.24, 2.45) is 5.92 Å². The van der Waals surface area contributed by atoms with Gasteiger partial charge in [0.05, 0.1) is 18.8 Å². The molecule has 2 rings (SSSR count). The lowest BCUT2D eigenvalue weighted by atomic mass is 9.85. The van der Waals surface area contributed by atoms with Crippen LogP contribution in [0.3, 0.4) is 0 Å². The van der Waals surface area contributed by atoms with Gasteiger partial charge in [0.1, 0.15) is 23.3 Å². The molecule has 4 atom stereocenters. The molecule has 2 N–H and O–H groups in total. The van der Waals surface area contributed by atoms with Crippen LogP contribution in [0.25, 0.3) is 0 Å². The predicted octanol–water partition coefficient (Wildman–Crippen LogP) is 4.93. The fourth-order valence-corrected chi connectivity index (χ4v) is 4.31. The molecule has 0 spiro atoms. The molecule has 0 radical (unpaired) electrons. The van der Waals surface area contributed by atoms with Crippen LogP contribution in [0.15, 0.2) is 18.2 Å². The summed E-state index contributed by atoms with van der Waals surface area (Å²) in [4.78, 5) is 12.6. The van der Waals surface area contributed by atoms with Gasteiger partial charge in [-0.3, -0.25) is 0 Å². The van der Waals surface area contributed by atoms with Gasteiger partial charge in [-0.05, 0) is 57.1 Å². The number of benzene rings is 1. The number of rotatable bonds is 5. The van der Waals surface area contributed by atoms with Crippen LogP contribution < -0.4 is 5.32 Å². The Hall–Kier alpha value is -1.55. The largest absolute Gasteiger partial charge is 0.444 e. The minimum absolute atomic E-state index is 0.0321. The number of alkyl carbamates (subject to hydrolysis) is 1. The average molecular weight is 474 g/mol. The average Bonchev–Trinajstić information content (AvgIpc) is 2.61. The first-order valence-electron chi connectivity index (χ1n) is 10.9. The van der Waals surface area contributed by atoms with Crippen molar-refractivity contribution in [2.45, 2.75) is 83.5 Å². The Labute approximate surface area is 190 Å². The van der Waals surface area contributed by atoms with Gasteiger partial charge in [0.25, 0.3) is 0 Å². The summed E-state index contributed by atoms with van der Waals surface area (Å²) in [7, 11) is -2.18. The molecule has 1 aliphatic rings. The van der Waals surface area contributed by atoms with Gasteiger partial charge in [-0.25, -0.2) is 13.6 Å². The van der Waals surface area contributed by atoms with Gasteiger partial charge in [0.15, 0.2) is 8.32 Å². The maximum Gasteiger partial charge on any atom is 0.407 e. The Kier molecular flexibility index (Phi) is 8.13. The minimum atomic E-state index is -2.18. The molecule has 32 heavy (non-hydrogen) atoms. The molecule has 0 aromatic heterocycles. The summed E-state index contributed by atoms with van der Waals surface area (Å²) in [5.41, 5.74) is -0.791. The van der Waals surface area contributed by atoms with Gasteiger partial charge in [0, 0.05) is 18.1 Å². The molecule has 2 unspecified atom stereocenters. The van der Waals surface area contributed by atoms with Crippen molar-refractivity contribution in [1.29, 1.82) is 0 Å². The zero-order valence-electron chi connectivity index (χ0n) is 20.3. The Balaban J connectivity index is 2.39. The first-order chi connectivity index (χ1) is 14.5. The number of aliphatic hydroxyl groups is 1. The van der Waals surface area contributed by atoms with Crippen molar-refractivity contribution in [3.8, 4) is 0 Å². The number of carbonyl (C=O) groups is 1. The van der Waals surface area contributed by atoms with Crippen LogP contribution >= 0.6 is 0 Å². The van der Waals surface area contributed by atoms with Crippen molar-refractivity contribution in [3.63, 3.8) is 0 Å². The lowest BCUT2D eigenvalue weighted by Crippen LogP contribution is -2.57. The number of nitrogens with one attached hydrogen (secondary N) is 1. The molecule has 9 heteroatoms. The molecular formula is C23H37F2NO5Si. The summed E-state index contributed by atoms with van der Waals surface area (Å²) in [5.74, 6) is -1.90. The Morgan fingerprint density at radius 1 is 1.22 bits per heavy atom. The second-order valence-electron chi connectivity index (χ2n) is 10.9. The van der Waals surface area contributed by atoms with Crippen molar-refractivity contribution in [2.75, 3.05) is 13.2 Å². The maximum atomic E-state index is 14.6. The summed E-state index contributed by atoms with van der Waals surface area (Å²) in [6.45, 7) is 15.7. The lowest BCUT2D eigenvalue weighted by molar-refractivity contribution is -0.121. The second kappa shape index (κ2) is 9.75. The van der Waals surface area contributed by atoms with E-state index in [1.165, 1.54) is 0 Å². The van der Waals surface area contributed by atoms with E-state index in [1.807, 2.05) is 0 Å². The summed E-state index contributed by atoms with van der Waals surface area (Å²) < 4.78 is 45.9. The number of amides is 1. The maximum absolute atomic E-state index is 14.6. The number of carbonyl (C=O) groups excluding carboxylic acids is 1. The van der Waals surface area contributed by atoms with E-state index in [-0.39, 0.29) is 23.8 Å². The van der Waals surface area contributed by atoms with E-state index in [0.29, 0.717) is 0 Å². The smallest absolute Gasteiger partial charge is 0.407 e. The molecule has 0 saturated carbocycles. The molecule has 1 saturated heterocycles. The van der Waals surface area contributed by atoms with Gasteiger partial charge in [-0.15, -0.1) is 0 Å². The summed E-state index contributed by atoms with van der Waals surface area (Å²) in [5, 5.41) is 13.4. The molecule has 1 aromatic carbocycles. The van der Waals surface area contributed by atoms with Gasteiger partial charge in [-0.1, -0.05) is 20.8 Å². The summed E-state index contributed by atoms with van der Waals surface area (Å²) >= 11 is 0. The van der Waals surface area contributed by atoms with E-state index in [2.05, 4.69) is 39.2 Å². The molecule has 182 valence electrons. The predicted molar refractivity (Wildman–Crippen MR) is 121 cm³/mol. The normalized spacial score (nSPS) is 24.8. The number of aliphatic hydroxyl groups excluding tert-OH is 1. The quantitative estimate of drug-likeness (QED) is 0.593. The Morgan fingerprint density at radius 2 is 1.84 bits per heavy atom. The second-order valence-corrected chi connectivity index (χ2v) is 15.7. The number of ether oxygens (including phenoxy) is 2. The van der Waals surface area contributed by atoms with Crippen LogP contribution in [0.5, 0.6) is 0 Å². The van der Waals surface area contributed by atoms with Crippen molar-refractivity contribution in [3.05, 3.63) is 35.4 Å². The molecule has 1 heterocycles. The van der Waals surface area contributed by atoms with Crippen LogP contribution in [0.4, 0.5) is 13.6 Å². The highest BCUT2D eigenvalue weighted by atomic mass is 28.4. The third kappa shape index (κ3) is 6.73. The SMILES string of the molecule is CC(C)(C)OC(=O)N[C@H]1C(CO[Si](C)(C)C(C)(C)C)C(O)CO[C@@H]1c1cc(F)ccc1F. The van der Waals surface area contributed by atoms with Crippen LogP contribution in [0.2, 0.25) is 18.1 Å². The van der Waals surface area contributed by atoms with E-state index in [1.54, 1.807) is 20.8 Å². The molecule has 1 aromatic rings. The van der Waals surface area contributed by atoms with Gasteiger partial charge in [-0.2, -0.15) is 0 Å². The third-order valence-electron chi connectivity index (χ3n) is 6.12. The summed E-state index contributed by atoms with van der Waals surface area (Å²) in [6, 6.07) is 2.19. The highest BCUT2D eigenvalue weighted by Gasteiger charge is 2.45. The van der Waals surface area contributed by atoms with Gasteiger partial charge < -0.3 is 24.3 Å². The highest BCUT2D eigenvalue weighted by Crippen LogP contribution is 2.39. The molecule has 0 bridgehead atoms. The standard InChI is InChI=1S/C23H37F2NO5Si/c1-22(2,3)31-21(28)26-19-16(12-30-32(7,8)23(4,5)6)18(27)13-29-20(19)15-11-14(24)9-10-17(15)25/h9-11,16,18-20,27H,12-13H2,1-8H3,(H,26,28)/t16?,18?,19-,20+/m0/s1. The fraction of sp³-hybridized carbons (Fsp3) is 0.696. The van der Waals surface area contributed by atoms with Gasteiger partial charge >= 0.3 is 6.09 Å². The van der Waals surface area contributed by atoms with E-state index < -0.39 is 55.8 Å². The molecule has 1 amide bonds. The molecular weight excluding hydrogens is 436 g/mol. The lowest BCUT2D eigenvalue weighted by Gasteiger charge is -2.44. The van der Waals surface area contributed by atoms with Gasteiger partial charge in [0.2, 0.25) is 0 Å². The zero-order valence-corrected chi connectivity index (χ0v) is 21.3. The Morgan fingerprint density at radius 3 is 2.41 bits per heavy atom. The van der Waals surface area contributed by atoms with E-state index in [9.17, 15) is 18.7 Å². The third-order valence-corrected chi connectivity index (χ3v) is 10.6. The molecule has 0 aliphatic carbocycles. The molecule has 6 nitrogen and oxygen atoms in total. The van der Waals surface area contributed by atoms with E-state index in [4.69, 9.17) is 13.9 Å². The summed E-state index contributed by atoms with van der Waals surface area (Å²) in [6.07, 6.45) is -2.72. The monoisotopic (exact) mass is 473 g/mol. The molecule has 1 aliphatic heterocycles. The van der Waals surface area contributed by atoms with Crippen LogP contribution in [-0.4, -0.2) is 50.5 Å². The van der Waals surface area contributed by atoms with Crippen LogP contribution in [-0.2, 0) is 13.9 Å². The van der Waals surface area contributed by atoms with E-state index >= 15 is 0 Å². The van der Waals surface area contributed by atoms with Crippen molar-refractivity contribution in [1.82, 2.24) is 5.32 Å². The zero-order chi connectivity index (χ0) is 24.5. The fourth-order valence-electron chi connectivity index (χ4n) is 3.27. The van der Waals surface area contributed by atoms with Crippen molar-refractivity contribution >= 4 is 14.4 Å². The first-order valence-corrected chi connectivity index (χ1v) is 13.8. The Bertz CT molecular complexity index is 807. The number of halogens is 2. The van der Waals surface area contributed by atoms with Crippen LogP contribution in [0.1, 0.15) is 53.2 Å². The first kappa shape index (κ1) is 26.7. The topological polar surface area (TPSA) is 77.0 Å². The number of hydrogen-bond donors (Lipinski definition) is 2. The highest BCUT2D eigenvalue weighted by molar-refractivity contribution is 6.74. The minimum Gasteiger partial charge on any atom is -0.444 e. The van der Waals surface area contributed by atoms with Crippen LogP contribution in [0, 0.1) is 17.6 Å². The number of hydrogen-bond acceptors (Lipinski definition) is 5.